The van der Waals surface area contributed by atoms with Crippen LogP contribution >= 0.6 is 0 Å². The predicted octanol–water partition coefficient (Wildman–Crippen LogP) is 1.65. The Hall–Kier alpha value is -1.10. The van der Waals surface area contributed by atoms with Crippen LogP contribution in [0.4, 0.5) is 0 Å². The van der Waals surface area contributed by atoms with Gasteiger partial charge < -0.3 is 14.8 Å². The van der Waals surface area contributed by atoms with E-state index in [0.717, 1.165) is 6.42 Å². The topological polar surface area (TPSA) is 64.6 Å². The summed E-state index contributed by atoms with van der Waals surface area (Å²) in [5.41, 5.74) is -0.504. The van der Waals surface area contributed by atoms with E-state index in [1.165, 1.54) is 0 Å². The summed E-state index contributed by atoms with van der Waals surface area (Å²) in [6.07, 6.45) is 1.05. The van der Waals surface area contributed by atoms with E-state index in [2.05, 4.69) is 5.32 Å². The van der Waals surface area contributed by atoms with Crippen LogP contribution in [0.3, 0.4) is 0 Å². The van der Waals surface area contributed by atoms with Crippen LogP contribution in [0.5, 0.6) is 0 Å². The highest BCUT2D eigenvalue weighted by Crippen LogP contribution is 2.09. The molecule has 0 aliphatic rings. The molecule has 0 aromatic heterocycles. The van der Waals surface area contributed by atoms with E-state index in [9.17, 15) is 9.59 Å². The molecule has 0 aromatic carbocycles. The van der Waals surface area contributed by atoms with Gasteiger partial charge in [0.1, 0.15) is 5.60 Å². The molecule has 0 aliphatic carbocycles. The molecule has 1 unspecified atom stereocenters. The highest BCUT2D eigenvalue weighted by molar-refractivity contribution is 5.81. The van der Waals surface area contributed by atoms with Crippen molar-refractivity contribution in [1.29, 1.82) is 0 Å². The van der Waals surface area contributed by atoms with E-state index in [1.807, 2.05) is 6.92 Å². The van der Waals surface area contributed by atoms with Gasteiger partial charge in [0.05, 0.1) is 19.1 Å². The number of amides is 1. The van der Waals surface area contributed by atoms with Gasteiger partial charge in [0.25, 0.3) is 0 Å². The Morgan fingerprint density at radius 1 is 1.22 bits per heavy atom. The van der Waals surface area contributed by atoms with Crippen LogP contribution in [0.2, 0.25) is 0 Å². The first-order valence-electron chi connectivity index (χ1n) is 6.28. The lowest BCUT2D eigenvalue weighted by Gasteiger charge is -2.19. The lowest BCUT2D eigenvalue weighted by molar-refractivity contribution is -0.155. The van der Waals surface area contributed by atoms with Crippen LogP contribution in [0, 0.1) is 0 Å². The molecule has 1 amide bonds. The second kappa shape index (κ2) is 8.08. The molecule has 0 spiro atoms. The summed E-state index contributed by atoms with van der Waals surface area (Å²) < 4.78 is 10.1. The van der Waals surface area contributed by atoms with Crippen molar-refractivity contribution in [2.45, 2.75) is 58.6 Å². The number of methoxy groups -OCH3 is 1. The number of carbonyl (C=O) groups excluding carboxylic acids is 2. The smallest absolute Gasteiger partial charge is 0.306 e. The van der Waals surface area contributed by atoms with Gasteiger partial charge in [-0.1, -0.05) is 6.92 Å². The lowest BCUT2D eigenvalue weighted by Crippen LogP contribution is -2.37. The number of nitrogens with one attached hydrogen (secondary N) is 1. The third-order valence-electron chi connectivity index (χ3n) is 2.20. The van der Waals surface area contributed by atoms with Crippen LogP contribution in [-0.2, 0) is 19.1 Å². The summed E-state index contributed by atoms with van der Waals surface area (Å²) in [6.45, 7) is 7.86. The van der Waals surface area contributed by atoms with Crippen LogP contribution < -0.4 is 5.32 Å². The average Bonchev–Trinajstić information content (AvgIpc) is 2.23. The molecule has 0 rings (SSSR count). The van der Waals surface area contributed by atoms with Crippen molar-refractivity contribution in [1.82, 2.24) is 5.32 Å². The fraction of sp³-hybridized carbons (Fsp3) is 0.846. The SMILES string of the molecule is CCC(COC)NC(=O)CCC(=O)OC(C)(C)C. The van der Waals surface area contributed by atoms with E-state index >= 15 is 0 Å². The Morgan fingerprint density at radius 3 is 2.28 bits per heavy atom. The molecule has 0 aliphatic heterocycles. The third-order valence-corrected chi connectivity index (χ3v) is 2.20. The Bertz CT molecular complexity index is 271. The maximum Gasteiger partial charge on any atom is 0.306 e. The summed E-state index contributed by atoms with van der Waals surface area (Å²) in [5, 5.41) is 2.81. The average molecular weight is 259 g/mol. The van der Waals surface area contributed by atoms with Gasteiger partial charge in [0.15, 0.2) is 0 Å². The number of hydrogen-bond acceptors (Lipinski definition) is 4. The van der Waals surface area contributed by atoms with Gasteiger partial charge in [-0.05, 0) is 27.2 Å². The van der Waals surface area contributed by atoms with E-state index < -0.39 is 5.60 Å². The normalized spacial score (nSPS) is 12.9. The van der Waals surface area contributed by atoms with Crippen LogP contribution in [0.25, 0.3) is 0 Å². The fourth-order valence-electron chi connectivity index (χ4n) is 1.37. The Kier molecular flexibility index (Phi) is 7.59. The lowest BCUT2D eigenvalue weighted by atomic mass is 10.2. The number of rotatable bonds is 7. The van der Waals surface area contributed by atoms with Crippen molar-refractivity contribution in [2.75, 3.05) is 13.7 Å². The first-order valence-corrected chi connectivity index (χ1v) is 6.28. The van der Waals surface area contributed by atoms with Crippen molar-refractivity contribution >= 4 is 11.9 Å². The fourth-order valence-corrected chi connectivity index (χ4v) is 1.37. The highest BCUT2D eigenvalue weighted by atomic mass is 16.6. The Morgan fingerprint density at radius 2 is 1.83 bits per heavy atom. The standard InChI is InChI=1S/C13H25NO4/c1-6-10(9-17-5)14-11(15)7-8-12(16)18-13(2,3)4/h10H,6-9H2,1-5H3,(H,14,15). The molecular formula is C13H25NO4. The Balaban J connectivity index is 3.92. The summed E-state index contributed by atoms with van der Waals surface area (Å²) in [5.74, 6) is -0.498. The van der Waals surface area contributed by atoms with Gasteiger partial charge in [0, 0.05) is 13.5 Å². The zero-order chi connectivity index (χ0) is 14.2. The van der Waals surface area contributed by atoms with E-state index in [-0.39, 0.29) is 30.8 Å². The van der Waals surface area contributed by atoms with E-state index in [4.69, 9.17) is 9.47 Å². The first-order chi connectivity index (χ1) is 8.28. The molecule has 18 heavy (non-hydrogen) atoms. The van der Waals surface area contributed by atoms with Gasteiger partial charge in [-0.2, -0.15) is 0 Å². The molecule has 1 N–H and O–H groups in total. The van der Waals surface area contributed by atoms with Crippen LogP contribution in [0.1, 0.15) is 47.0 Å². The Labute approximate surface area is 109 Å². The largest absolute Gasteiger partial charge is 0.460 e. The molecule has 106 valence electrons. The molecule has 0 bridgehead atoms. The quantitative estimate of drug-likeness (QED) is 0.706. The highest BCUT2D eigenvalue weighted by Gasteiger charge is 2.17. The summed E-state index contributed by atoms with van der Waals surface area (Å²) in [4.78, 5) is 23.0. The monoisotopic (exact) mass is 259 g/mol. The molecule has 5 heteroatoms. The summed E-state index contributed by atoms with van der Waals surface area (Å²) in [6, 6.07) is 0.00105. The molecular weight excluding hydrogens is 234 g/mol. The van der Waals surface area contributed by atoms with Crippen LogP contribution in [-0.4, -0.2) is 37.2 Å². The summed E-state index contributed by atoms with van der Waals surface area (Å²) in [7, 11) is 1.59. The predicted molar refractivity (Wildman–Crippen MR) is 69.2 cm³/mol. The minimum Gasteiger partial charge on any atom is -0.460 e. The van der Waals surface area contributed by atoms with Gasteiger partial charge in [0.2, 0.25) is 5.91 Å². The minimum atomic E-state index is -0.504. The van der Waals surface area contributed by atoms with Gasteiger partial charge in [-0.3, -0.25) is 9.59 Å². The molecule has 0 radical (unpaired) electrons. The number of esters is 1. The number of hydrogen-bond donors (Lipinski definition) is 1. The van der Waals surface area contributed by atoms with Crippen molar-refractivity contribution in [2.24, 2.45) is 0 Å². The van der Waals surface area contributed by atoms with E-state index in [0.29, 0.717) is 6.61 Å². The van der Waals surface area contributed by atoms with Crippen molar-refractivity contribution < 1.29 is 19.1 Å². The summed E-state index contributed by atoms with van der Waals surface area (Å²) >= 11 is 0. The number of carbonyl (C=O) groups is 2. The van der Waals surface area contributed by atoms with Gasteiger partial charge >= 0.3 is 5.97 Å². The van der Waals surface area contributed by atoms with Gasteiger partial charge in [-0.25, -0.2) is 0 Å². The van der Waals surface area contributed by atoms with Crippen molar-refractivity contribution in [3.05, 3.63) is 0 Å². The second-order valence-corrected chi connectivity index (χ2v) is 5.21. The third kappa shape index (κ3) is 8.98. The van der Waals surface area contributed by atoms with Crippen molar-refractivity contribution in [3.63, 3.8) is 0 Å². The molecule has 1 atom stereocenters. The molecule has 5 nitrogen and oxygen atoms in total. The molecule has 0 heterocycles. The molecule has 0 fully saturated rings. The van der Waals surface area contributed by atoms with Gasteiger partial charge in [-0.15, -0.1) is 0 Å². The van der Waals surface area contributed by atoms with Crippen molar-refractivity contribution in [3.8, 4) is 0 Å². The molecule has 0 saturated heterocycles. The minimum absolute atomic E-state index is 0.00105. The maximum absolute atomic E-state index is 11.6. The zero-order valence-corrected chi connectivity index (χ0v) is 12.0. The first kappa shape index (κ1) is 16.9. The molecule has 0 aromatic rings. The maximum atomic E-state index is 11.6. The molecule has 0 saturated carbocycles. The number of ether oxygens (including phenoxy) is 2. The van der Waals surface area contributed by atoms with E-state index in [1.54, 1.807) is 27.9 Å². The second-order valence-electron chi connectivity index (χ2n) is 5.21. The zero-order valence-electron chi connectivity index (χ0n) is 12.0. The van der Waals surface area contributed by atoms with Crippen LogP contribution in [0.15, 0.2) is 0 Å².